The second-order valence-electron chi connectivity index (χ2n) is 4.68. The van der Waals surface area contributed by atoms with Crippen molar-refractivity contribution in [1.29, 1.82) is 0 Å². The molecule has 0 aliphatic rings. The van der Waals surface area contributed by atoms with Gasteiger partial charge in [0.05, 0.1) is 5.56 Å². The highest BCUT2D eigenvalue weighted by molar-refractivity contribution is 5.87. The minimum atomic E-state index is -0.895. The third-order valence-corrected chi connectivity index (χ3v) is 3.05. The Hall–Kier alpha value is -2.29. The number of aryl methyl sites for hydroxylation is 2. The summed E-state index contributed by atoms with van der Waals surface area (Å²) in [7, 11) is 0. The van der Waals surface area contributed by atoms with Crippen LogP contribution in [0.15, 0.2) is 42.5 Å². The van der Waals surface area contributed by atoms with Crippen LogP contribution in [0.4, 0.5) is 5.69 Å². The zero-order valence-electron chi connectivity index (χ0n) is 11.1. The van der Waals surface area contributed by atoms with Crippen LogP contribution < -0.4 is 5.32 Å². The number of carboxylic acids is 1. The highest BCUT2D eigenvalue weighted by Gasteiger charge is 2.03. The number of carboxylic acid groups (broad SMARTS) is 1. The molecular formula is C16H17NO2. The maximum Gasteiger partial charge on any atom is 0.335 e. The molecule has 3 heteroatoms. The minimum absolute atomic E-state index is 0.320. The minimum Gasteiger partial charge on any atom is -0.478 e. The van der Waals surface area contributed by atoms with E-state index in [1.807, 2.05) is 6.07 Å². The molecule has 0 aliphatic carbocycles. The van der Waals surface area contributed by atoms with Crippen LogP contribution in [-0.4, -0.2) is 11.1 Å². The average molecular weight is 255 g/mol. The summed E-state index contributed by atoms with van der Waals surface area (Å²) < 4.78 is 0. The Kier molecular flexibility index (Phi) is 3.85. The number of hydrogen-bond acceptors (Lipinski definition) is 2. The number of rotatable bonds is 4. The van der Waals surface area contributed by atoms with E-state index in [-0.39, 0.29) is 0 Å². The fourth-order valence-electron chi connectivity index (χ4n) is 1.94. The van der Waals surface area contributed by atoms with Gasteiger partial charge in [0.15, 0.2) is 0 Å². The third kappa shape index (κ3) is 3.35. The number of nitrogens with one attached hydrogen (secondary N) is 1. The molecule has 0 aliphatic heterocycles. The Labute approximate surface area is 112 Å². The van der Waals surface area contributed by atoms with E-state index in [4.69, 9.17) is 5.11 Å². The maximum absolute atomic E-state index is 10.9. The molecule has 0 fully saturated rings. The lowest BCUT2D eigenvalue weighted by Gasteiger charge is -2.11. The quantitative estimate of drug-likeness (QED) is 0.877. The zero-order chi connectivity index (χ0) is 13.8. The molecule has 98 valence electrons. The predicted molar refractivity (Wildman–Crippen MR) is 76.6 cm³/mol. The van der Waals surface area contributed by atoms with Crippen molar-refractivity contribution in [2.24, 2.45) is 0 Å². The summed E-state index contributed by atoms with van der Waals surface area (Å²) in [5, 5.41) is 12.3. The summed E-state index contributed by atoms with van der Waals surface area (Å²) >= 11 is 0. The first-order valence-corrected chi connectivity index (χ1v) is 6.19. The van der Waals surface area contributed by atoms with Gasteiger partial charge in [-0.25, -0.2) is 4.79 Å². The van der Waals surface area contributed by atoms with Crippen molar-refractivity contribution < 1.29 is 9.90 Å². The fraction of sp³-hybridized carbons (Fsp3) is 0.188. The van der Waals surface area contributed by atoms with Crippen molar-refractivity contribution in [1.82, 2.24) is 0 Å². The van der Waals surface area contributed by atoms with E-state index in [2.05, 4.69) is 37.4 Å². The Morgan fingerprint density at radius 1 is 1.16 bits per heavy atom. The molecule has 0 bridgehead atoms. The van der Waals surface area contributed by atoms with E-state index in [1.165, 1.54) is 11.1 Å². The van der Waals surface area contributed by atoms with Gasteiger partial charge in [0, 0.05) is 12.2 Å². The molecule has 0 unspecified atom stereocenters. The summed E-state index contributed by atoms with van der Waals surface area (Å²) in [6, 6.07) is 13.2. The molecule has 0 saturated carbocycles. The first-order chi connectivity index (χ1) is 9.06. The van der Waals surface area contributed by atoms with E-state index >= 15 is 0 Å². The molecule has 2 rings (SSSR count). The summed E-state index contributed by atoms with van der Waals surface area (Å²) in [6.45, 7) is 4.72. The SMILES string of the molecule is Cc1ccc(C)c(NCc2cccc(C(=O)O)c2)c1. The highest BCUT2D eigenvalue weighted by Crippen LogP contribution is 2.17. The molecule has 2 N–H and O–H groups in total. The van der Waals surface area contributed by atoms with E-state index < -0.39 is 5.97 Å². The van der Waals surface area contributed by atoms with Crippen molar-refractivity contribution in [3.8, 4) is 0 Å². The lowest BCUT2D eigenvalue weighted by molar-refractivity contribution is 0.0697. The lowest BCUT2D eigenvalue weighted by atomic mass is 10.1. The maximum atomic E-state index is 10.9. The Morgan fingerprint density at radius 3 is 2.68 bits per heavy atom. The molecular weight excluding hydrogens is 238 g/mol. The molecule has 0 atom stereocenters. The monoisotopic (exact) mass is 255 g/mol. The van der Waals surface area contributed by atoms with E-state index in [0.717, 1.165) is 11.3 Å². The van der Waals surface area contributed by atoms with Gasteiger partial charge >= 0.3 is 5.97 Å². The number of anilines is 1. The Morgan fingerprint density at radius 2 is 1.95 bits per heavy atom. The molecule has 2 aromatic rings. The first-order valence-electron chi connectivity index (χ1n) is 6.19. The van der Waals surface area contributed by atoms with Crippen LogP contribution in [0.1, 0.15) is 27.0 Å². The molecule has 0 spiro atoms. The van der Waals surface area contributed by atoms with Gasteiger partial charge < -0.3 is 10.4 Å². The van der Waals surface area contributed by atoms with Crippen molar-refractivity contribution in [3.63, 3.8) is 0 Å². The van der Waals surface area contributed by atoms with Crippen LogP contribution in [0.5, 0.6) is 0 Å². The number of carbonyl (C=O) groups is 1. The van der Waals surface area contributed by atoms with Crippen molar-refractivity contribution in [2.75, 3.05) is 5.32 Å². The van der Waals surface area contributed by atoms with Crippen molar-refractivity contribution >= 4 is 11.7 Å². The number of benzene rings is 2. The number of aromatic carboxylic acids is 1. The largest absolute Gasteiger partial charge is 0.478 e. The zero-order valence-corrected chi connectivity index (χ0v) is 11.1. The summed E-state index contributed by atoms with van der Waals surface area (Å²) in [5.74, 6) is -0.895. The average Bonchev–Trinajstić information content (AvgIpc) is 2.40. The molecule has 0 radical (unpaired) electrons. The van der Waals surface area contributed by atoms with Crippen LogP contribution in [0.2, 0.25) is 0 Å². The topological polar surface area (TPSA) is 49.3 Å². The van der Waals surface area contributed by atoms with Gasteiger partial charge in [0.25, 0.3) is 0 Å². The van der Waals surface area contributed by atoms with Gasteiger partial charge in [-0.3, -0.25) is 0 Å². The Bertz CT molecular complexity index is 605. The van der Waals surface area contributed by atoms with Gasteiger partial charge in [0.2, 0.25) is 0 Å². The van der Waals surface area contributed by atoms with Crippen LogP contribution in [0, 0.1) is 13.8 Å². The molecule has 0 heterocycles. The van der Waals surface area contributed by atoms with E-state index in [1.54, 1.807) is 18.2 Å². The predicted octanol–water partition coefficient (Wildman–Crippen LogP) is 3.61. The lowest BCUT2D eigenvalue weighted by Crippen LogP contribution is -2.03. The van der Waals surface area contributed by atoms with Crippen LogP contribution in [0.25, 0.3) is 0 Å². The molecule has 2 aromatic carbocycles. The standard InChI is InChI=1S/C16H17NO2/c1-11-6-7-12(2)15(8-11)17-10-13-4-3-5-14(9-13)16(18)19/h3-9,17H,10H2,1-2H3,(H,18,19). The van der Waals surface area contributed by atoms with Crippen LogP contribution in [0.3, 0.4) is 0 Å². The molecule has 0 aromatic heterocycles. The van der Waals surface area contributed by atoms with Crippen LogP contribution >= 0.6 is 0 Å². The first kappa shape index (κ1) is 13.1. The van der Waals surface area contributed by atoms with Gasteiger partial charge in [-0.15, -0.1) is 0 Å². The van der Waals surface area contributed by atoms with Gasteiger partial charge in [-0.1, -0.05) is 24.3 Å². The smallest absolute Gasteiger partial charge is 0.335 e. The van der Waals surface area contributed by atoms with E-state index in [0.29, 0.717) is 12.1 Å². The van der Waals surface area contributed by atoms with Gasteiger partial charge in [-0.05, 0) is 48.7 Å². The summed E-state index contributed by atoms with van der Waals surface area (Å²) in [4.78, 5) is 10.9. The molecule has 0 amide bonds. The fourth-order valence-corrected chi connectivity index (χ4v) is 1.94. The Balaban J connectivity index is 2.12. The second kappa shape index (κ2) is 5.57. The second-order valence-corrected chi connectivity index (χ2v) is 4.68. The third-order valence-electron chi connectivity index (χ3n) is 3.05. The van der Waals surface area contributed by atoms with E-state index in [9.17, 15) is 4.79 Å². The normalized spacial score (nSPS) is 10.2. The van der Waals surface area contributed by atoms with Gasteiger partial charge in [-0.2, -0.15) is 0 Å². The summed E-state index contributed by atoms with van der Waals surface area (Å²) in [6.07, 6.45) is 0. The number of hydrogen-bond donors (Lipinski definition) is 2. The van der Waals surface area contributed by atoms with Crippen LogP contribution in [-0.2, 0) is 6.54 Å². The van der Waals surface area contributed by atoms with Crippen molar-refractivity contribution in [3.05, 3.63) is 64.7 Å². The molecule has 19 heavy (non-hydrogen) atoms. The van der Waals surface area contributed by atoms with Crippen molar-refractivity contribution in [2.45, 2.75) is 20.4 Å². The van der Waals surface area contributed by atoms with Gasteiger partial charge in [0.1, 0.15) is 0 Å². The summed E-state index contributed by atoms with van der Waals surface area (Å²) in [5.41, 5.74) is 4.74. The molecule has 0 saturated heterocycles. The molecule has 3 nitrogen and oxygen atoms in total. The highest BCUT2D eigenvalue weighted by atomic mass is 16.4.